The molecule has 0 unspecified atom stereocenters. The summed E-state index contributed by atoms with van der Waals surface area (Å²) in [5.74, 6) is 0. The molecule has 0 aliphatic heterocycles. The fourth-order valence-corrected chi connectivity index (χ4v) is 0. The van der Waals surface area contributed by atoms with Crippen LogP contribution in [0.1, 0.15) is 0 Å². The summed E-state index contributed by atoms with van der Waals surface area (Å²) in [4.78, 5) is 0. The van der Waals surface area contributed by atoms with Crippen molar-refractivity contribution in [1.29, 1.82) is 0 Å². The third-order valence-corrected chi connectivity index (χ3v) is 0. The van der Waals surface area contributed by atoms with E-state index in [1.165, 1.54) is 0 Å². The molecule has 0 heterocycles. The Bertz CT molecular complexity index is 8.49. The van der Waals surface area contributed by atoms with Crippen LogP contribution < -0.4 is 0 Å². The van der Waals surface area contributed by atoms with Crippen molar-refractivity contribution in [3.8, 4) is 0 Å². The molecule has 0 atom stereocenters. The molecule has 0 aromatic heterocycles. The molecule has 0 aromatic rings. The predicted octanol–water partition coefficient (Wildman–Crippen LogP) is -1.07. The quantitative estimate of drug-likeness (QED) is 0.504. The molecule has 0 aliphatic carbocycles. The van der Waals surface area contributed by atoms with E-state index in [4.69, 9.17) is 0 Å². The molecule has 0 aromatic carbocycles. The van der Waals surface area contributed by atoms with Crippen LogP contribution in [-0.4, -0.2) is 32.9 Å². The van der Waals surface area contributed by atoms with Gasteiger partial charge in [-0.3, -0.25) is 0 Å². The maximum absolute atomic E-state index is 0. The van der Waals surface area contributed by atoms with Crippen LogP contribution in [0.25, 0.3) is 0 Å². The summed E-state index contributed by atoms with van der Waals surface area (Å²) >= 11 is 0. The molecule has 8 heteroatoms. The van der Waals surface area contributed by atoms with E-state index in [2.05, 4.69) is 0 Å². The first-order valence-corrected chi connectivity index (χ1v) is 0. The van der Waals surface area contributed by atoms with E-state index in [1.807, 2.05) is 0 Å². The van der Waals surface area contributed by atoms with Gasteiger partial charge in [-0.1, -0.05) is 0 Å². The van der Waals surface area contributed by atoms with E-state index in [0.717, 1.165) is 0 Å². The number of hydrogen-bond donors (Lipinski definition) is 0. The van der Waals surface area contributed by atoms with Gasteiger partial charge in [0.25, 0.3) is 0 Å². The van der Waals surface area contributed by atoms with Crippen molar-refractivity contribution in [2.24, 2.45) is 0 Å². The van der Waals surface area contributed by atoms with Gasteiger partial charge >= 0.3 is 37.6 Å². The summed E-state index contributed by atoms with van der Waals surface area (Å²) in [5.41, 5.74) is 0. The maximum Gasteiger partial charge on any atom is 4.00 e. The van der Waals surface area contributed by atoms with Crippen molar-refractivity contribution in [3.63, 3.8) is 0 Å². The van der Waals surface area contributed by atoms with Crippen LogP contribution in [0.15, 0.2) is 0 Å². The van der Waals surface area contributed by atoms with Crippen LogP contribution >= 0.6 is 0 Å². The molecule has 0 radical (unpaired) electrons. The van der Waals surface area contributed by atoms with Gasteiger partial charge in [-0.25, -0.2) is 0 Å². The Morgan fingerprint density at radius 1 is 0.375 bits per heavy atom. The first kappa shape index (κ1) is 636. The van der Waals surface area contributed by atoms with E-state index in [0.29, 0.717) is 0 Å². The van der Waals surface area contributed by atoms with Crippen LogP contribution in [0.3, 0.4) is 0 Å². The van der Waals surface area contributed by atoms with Gasteiger partial charge in [-0.2, -0.15) is 0 Å². The summed E-state index contributed by atoms with van der Waals surface area (Å²) in [6.07, 6.45) is 0. The summed E-state index contributed by atoms with van der Waals surface area (Å²) in [6, 6.07) is 0. The fourth-order valence-electron chi connectivity index (χ4n) is 0. The van der Waals surface area contributed by atoms with Crippen LogP contribution in [0, 0.1) is 0 Å². The Morgan fingerprint density at radius 2 is 0.375 bits per heavy atom. The van der Waals surface area contributed by atoms with E-state index in [-0.39, 0.29) is 70.4 Å². The molecule has 58 valence electrons. The van der Waals surface area contributed by atoms with E-state index in [9.17, 15) is 0 Å². The van der Waals surface area contributed by atoms with E-state index in [1.54, 1.807) is 0 Å². The smallest absolute Gasteiger partial charge is 0.870 e. The maximum atomic E-state index is 0. The van der Waals surface area contributed by atoms with Crippen LogP contribution in [0.5, 0.6) is 0 Å². The van der Waals surface area contributed by atoms with E-state index >= 15 is 0 Å². The minimum atomic E-state index is 0. The average molecular weight is 345 g/mol. The van der Waals surface area contributed by atoms with Gasteiger partial charge in [0.05, 0.1) is 0 Å². The van der Waals surface area contributed by atoms with Crippen molar-refractivity contribution < 1.29 is 70.4 Å². The molecule has 0 bridgehead atoms. The fraction of sp³-hybridized carbons (Fsp3) is 0. The van der Waals surface area contributed by atoms with Crippen molar-refractivity contribution in [1.82, 2.24) is 0 Å². The zero-order valence-electron chi connectivity index (χ0n) is 3.41. The first-order valence-electron chi connectivity index (χ1n) is 0. The predicted molar refractivity (Wildman–Crippen MR) is 11.6 cm³/mol. The van der Waals surface area contributed by atoms with Crippen molar-refractivity contribution in [3.05, 3.63) is 0 Å². The van der Waals surface area contributed by atoms with Gasteiger partial charge in [-0.05, 0) is 0 Å². The van der Waals surface area contributed by atoms with Gasteiger partial charge in [0, 0.05) is 0 Å². The zero-order valence-corrected chi connectivity index (χ0v) is 7.33. The molecular formula is H6NiO6W. The monoisotopic (exact) mass is 344 g/mol. The second kappa shape index (κ2) is 431. The van der Waals surface area contributed by atoms with Gasteiger partial charge in [-0.15, -0.1) is 0 Å². The van der Waals surface area contributed by atoms with Crippen LogP contribution in [-0.2, 0) is 37.6 Å². The SMILES string of the molecule is [Ni+2].[OH-].[OH-].[OH-].[OH-].[OH-].[OH-].[W+4]. The molecule has 0 spiro atoms. The summed E-state index contributed by atoms with van der Waals surface area (Å²) in [6.45, 7) is 0. The molecule has 0 fully saturated rings. The summed E-state index contributed by atoms with van der Waals surface area (Å²) in [5, 5.41) is 0. The molecule has 0 aliphatic rings. The second-order valence-corrected chi connectivity index (χ2v) is 0. The molecule has 8 heavy (non-hydrogen) atoms. The molecule has 0 saturated carbocycles. The molecule has 6 N–H and O–H groups in total. The van der Waals surface area contributed by atoms with Crippen molar-refractivity contribution in [2.75, 3.05) is 0 Å². The van der Waals surface area contributed by atoms with Crippen molar-refractivity contribution >= 4 is 0 Å². The largest absolute Gasteiger partial charge is 4.00 e. The Labute approximate surface area is 70.7 Å². The molecule has 0 rings (SSSR count). The second-order valence-electron chi connectivity index (χ2n) is 0. The van der Waals surface area contributed by atoms with Gasteiger partial charge in [0.1, 0.15) is 0 Å². The Morgan fingerprint density at radius 3 is 0.375 bits per heavy atom. The van der Waals surface area contributed by atoms with Crippen molar-refractivity contribution in [2.45, 2.75) is 0 Å². The van der Waals surface area contributed by atoms with Gasteiger partial charge in [0.15, 0.2) is 0 Å². The summed E-state index contributed by atoms with van der Waals surface area (Å²) in [7, 11) is 0. The topological polar surface area (TPSA) is 180 Å². The normalized spacial score (nSPS) is 0. The van der Waals surface area contributed by atoms with Crippen LogP contribution in [0.2, 0.25) is 0 Å². The van der Waals surface area contributed by atoms with E-state index < -0.39 is 0 Å². The average Bonchev–Trinajstić information content (AvgIpc) is 0. The Kier molecular flexibility index (Phi) is 34300. The first-order chi connectivity index (χ1) is 0. The third-order valence-electron chi connectivity index (χ3n) is 0. The Hall–Kier alpha value is 0.942. The minimum absolute atomic E-state index is 0. The Balaban J connectivity index is 0. The summed E-state index contributed by atoms with van der Waals surface area (Å²) < 4.78 is 0. The zero-order chi connectivity index (χ0) is 0. The molecule has 0 amide bonds. The van der Waals surface area contributed by atoms with Gasteiger partial charge in [0.2, 0.25) is 0 Å². The van der Waals surface area contributed by atoms with Gasteiger partial charge < -0.3 is 32.9 Å². The number of hydrogen-bond acceptors (Lipinski definition) is 6. The minimum Gasteiger partial charge on any atom is -0.870 e. The molecule has 6 nitrogen and oxygen atoms in total. The number of rotatable bonds is 0. The molecular weight excluding hydrogens is 339 g/mol. The molecule has 0 saturated heterocycles. The van der Waals surface area contributed by atoms with Crippen LogP contribution in [0.4, 0.5) is 0 Å². The standard InChI is InChI=1S/Ni.6H2O.W/h;6*1H2;/q+2;;;;;;;+4/p-6. The third kappa shape index (κ3) is 276.